The summed E-state index contributed by atoms with van der Waals surface area (Å²) in [7, 11) is 0. The molecule has 0 radical (unpaired) electrons. The van der Waals surface area contributed by atoms with Gasteiger partial charge in [0.2, 0.25) is 0 Å². The lowest BCUT2D eigenvalue weighted by Crippen LogP contribution is -2.34. The molecule has 0 rings (SSSR count). The number of hydrogen-bond acceptors (Lipinski definition) is 1. The number of nitrogens with two attached hydrogens (primary N) is 1. The molecular formula is C14H31N. The molecule has 1 nitrogen and oxygen atoms in total. The van der Waals surface area contributed by atoms with Crippen molar-refractivity contribution in [3.8, 4) is 0 Å². The van der Waals surface area contributed by atoms with Gasteiger partial charge >= 0.3 is 0 Å². The second-order valence-electron chi connectivity index (χ2n) is 5.23. The van der Waals surface area contributed by atoms with Gasteiger partial charge in [-0.05, 0) is 19.8 Å². The third-order valence-electron chi connectivity index (χ3n) is 3.41. The number of rotatable bonds is 10. The summed E-state index contributed by atoms with van der Waals surface area (Å²) in [6.07, 6.45) is 13.4. The highest BCUT2D eigenvalue weighted by atomic mass is 14.7. The van der Waals surface area contributed by atoms with Crippen LogP contribution in [0.1, 0.15) is 85.0 Å². The molecule has 0 aliphatic rings. The molecule has 1 atom stereocenters. The van der Waals surface area contributed by atoms with Crippen molar-refractivity contribution in [2.75, 3.05) is 0 Å². The summed E-state index contributed by atoms with van der Waals surface area (Å²) in [6.45, 7) is 6.63. The molecule has 0 aromatic carbocycles. The zero-order chi connectivity index (χ0) is 11.6. The fraction of sp³-hybridized carbons (Fsp3) is 1.00. The van der Waals surface area contributed by atoms with E-state index in [0.717, 1.165) is 6.42 Å². The van der Waals surface area contributed by atoms with E-state index >= 15 is 0 Å². The van der Waals surface area contributed by atoms with Gasteiger partial charge < -0.3 is 5.73 Å². The first kappa shape index (κ1) is 15.0. The van der Waals surface area contributed by atoms with Gasteiger partial charge in [-0.15, -0.1) is 0 Å². The molecule has 0 saturated heterocycles. The molecule has 2 N–H and O–H groups in total. The molecule has 0 saturated carbocycles. The molecule has 1 heteroatoms. The summed E-state index contributed by atoms with van der Waals surface area (Å²) in [6, 6.07) is 0. The van der Waals surface area contributed by atoms with Crippen LogP contribution in [0, 0.1) is 0 Å². The Kier molecular flexibility index (Phi) is 9.18. The third kappa shape index (κ3) is 10.2. The van der Waals surface area contributed by atoms with Crippen LogP contribution in [0.4, 0.5) is 0 Å². The fourth-order valence-corrected chi connectivity index (χ4v) is 1.84. The molecule has 0 heterocycles. The Balaban J connectivity index is 3.11. The first-order chi connectivity index (χ1) is 7.12. The Morgan fingerprint density at radius 1 is 0.800 bits per heavy atom. The molecule has 92 valence electrons. The highest BCUT2D eigenvalue weighted by Crippen LogP contribution is 2.16. The summed E-state index contributed by atoms with van der Waals surface area (Å²) in [5.41, 5.74) is 6.18. The Hall–Kier alpha value is -0.0400. The van der Waals surface area contributed by atoms with E-state index in [1.807, 2.05) is 0 Å². The number of hydrogen-bond donors (Lipinski definition) is 1. The van der Waals surface area contributed by atoms with Crippen molar-refractivity contribution in [1.29, 1.82) is 0 Å². The van der Waals surface area contributed by atoms with Crippen molar-refractivity contribution in [2.45, 2.75) is 90.5 Å². The monoisotopic (exact) mass is 213 g/mol. The van der Waals surface area contributed by atoms with Gasteiger partial charge in [-0.1, -0.05) is 65.2 Å². The second kappa shape index (κ2) is 9.21. The Morgan fingerprint density at radius 2 is 1.27 bits per heavy atom. The molecule has 15 heavy (non-hydrogen) atoms. The van der Waals surface area contributed by atoms with Gasteiger partial charge in [0.25, 0.3) is 0 Å². The van der Waals surface area contributed by atoms with Crippen molar-refractivity contribution >= 4 is 0 Å². The van der Waals surface area contributed by atoms with Crippen LogP contribution in [0.2, 0.25) is 0 Å². The van der Waals surface area contributed by atoms with E-state index in [2.05, 4.69) is 20.8 Å². The molecule has 1 unspecified atom stereocenters. The van der Waals surface area contributed by atoms with E-state index in [4.69, 9.17) is 5.73 Å². The molecule has 0 aliphatic heterocycles. The molecule has 0 aromatic heterocycles. The van der Waals surface area contributed by atoms with Crippen LogP contribution >= 0.6 is 0 Å². The van der Waals surface area contributed by atoms with Crippen molar-refractivity contribution in [3.05, 3.63) is 0 Å². The predicted octanol–water partition coefficient (Wildman–Crippen LogP) is 4.64. The van der Waals surface area contributed by atoms with Gasteiger partial charge in [-0.25, -0.2) is 0 Å². The summed E-state index contributed by atoms with van der Waals surface area (Å²) in [4.78, 5) is 0. The Morgan fingerprint density at radius 3 is 1.73 bits per heavy atom. The summed E-state index contributed by atoms with van der Waals surface area (Å²) in [5.74, 6) is 0. The normalized spacial score (nSPS) is 15.2. The van der Waals surface area contributed by atoms with Crippen LogP contribution in [0.3, 0.4) is 0 Å². The van der Waals surface area contributed by atoms with Crippen LogP contribution in [-0.2, 0) is 0 Å². The largest absolute Gasteiger partial charge is 0.325 e. The maximum atomic E-state index is 6.10. The molecular weight excluding hydrogens is 182 g/mol. The first-order valence-electron chi connectivity index (χ1n) is 6.91. The first-order valence-corrected chi connectivity index (χ1v) is 6.91. The fourth-order valence-electron chi connectivity index (χ4n) is 1.84. The zero-order valence-corrected chi connectivity index (χ0v) is 11.1. The summed E-state index contributed by atoms with van der Waals surface area (Å²) in [5, 5.41) is 0. The number of unbranched alkanes of at least 4 members (excludes halogenated alkanes) is 7. The predicted molar refractivity (Wildman–Crippen MR) is 70.1 cm³/mol. The average molecular weight is 213 g/mol. The quantitative estimate of drug-likeness (QED) is 0.525. The lowest BCUT2D eigenvalue weighted by molar-refractivity contribution is 0.394. The van der Waals surface area contributed by atoms with Crippen LogP contribution in [0.5, 0.6) is 0 Å². The SMILES string of the molecule is CCCCCCCCCCC(C)(N)CC. The minimum atomic E-state index is 0.0855. The van der Waals surface area contributed by atoms with Crippen molar-refractivity contribution in [3.63, 3.8) is 0 Å². The van der Waals surface area contributed by atoms with Crippen LogP contribution in [-0.4, -0.2) is 5.54 Å². The highest BCUT2D eigenvalue weighted by molar-refractivity contribution is 4.75. The Bertz CT molecular complexity index is 129. The summed E-state index contributed by atoms with van der Waals surface area (Å²) >= 11 is 0. The lowest BCUT2D eigenvalue weighted by atomic mass is 9.92. The second-order valence-corrected chi connectivity index (χ2v) is 5.23. The van der Waals surface area contributed by atoms with E-state index in [0.29, 0.717) is 0 Å². The topological polar surface area (TPSA) is 26.0 Å². The van der Waals surface area contributed by atoms with Gasteiger partial charge in [-0.3, -0.25) is 0 Å². The molecule has 0 amide bonds. The average Bonchev–Trinajstić information content (AvgIpc) is 2.22. The minimum Gasteiger partial charge on any atom is -0.325 e. The van der Waals surface area contributed by atoms with Crippen LogP contribution < -0.4 is 5.73 Å². The highest BCUT2D eigenvalue weighted by Gasteiger charge is 2.13. The Labute approximate surface area is 96.8 Å². The summed E-state index contributed by atoms with van der Waals surface area (Å²) < 4.78 is 0. The van der Waals surface area contributed by atoms with Crippen molar-refractivity contribution in [2.24, 2.45) is 5.73 Å². The van der Waals surface area contributed by atoms with Gasteiger partial charge in [-0.2, -0.15) is 0 Å². The van der Waals surface area contributed by atoms with Crippen LogP contribution in [0.25, 0.3) is 0 Å². The van der Waals surface area contributed by atoms with E-state index in [9.17, 15) is 0 Å². The standard InChI is InChI=1S/C14H31N/c1-4-6-7-8-9-10-11-12-13-14(3,15)5-2/h4-13,15H2,1-3H3. The zero-order valence-electron chi connectivity index (χ0n) is 11.1. The van der Waals surface area contributed by atoms with E-state index < -0.39 is 0 Å². The molecule has 0 fully saturated rings. The van der Waals surface area contributed by atoms with Gasteiger partial charge in [0.1, 0.15) is 0 Å². The van der Waals surface area contributed by atoms with Crippen molar-refractivity contribution < 1.29 is 0 Å². The van der Waals surface area contributed by atoms with Gasteiger partial charge in [0.05, 0.1) is 0 Å². The van der Waals surface area contributed by atoms with Crippen LogP contribution in [0.15, 0.2) is 0 Å². The molecule has 0 aliphatic carbocycles. The van der Waals surface area contributed by atoms with E-state index in [-0.39, 0.29) is 5.54 Å². The third-order valence-corrected chi connectivity index (χ3v) is 3.41. The maximum absolute atomic E-state index is 6.10. The van der Waals surface area contributed by atoms with E-state index in [1.165, 1.54) is 57.8 Å². The molecule has 0 spiro atoms. The lowest BCUT2D eigenvalue weighted by Gasteiger charge is -2.22. The van der Waals surface area contributed by atoms with Crippen molar-refractivity contribution in [1.82, 2.24) is 0 Å². The minimum absolute atomic E-state index is 0.0855. The van der Waals surface area contributed by atoms with Gasteiger partial charge in [0.15, 0.2) is 0 Å². The van der Waals surface area contributed by atoms with Gasteiger partial charge in [0, 0.05) is 5.54 Å². The molecule has 0 bridgehead atoms. The maximum Gasteiger partial charge on any atom is 0.0123 e. The smallest absolute Gasteiger partial charge is 0.0123 e. The molecule has 0 aromatic rings. The van der Waals surface area contributed by atoms with E-state index in [1.54, 1.807) is 0 Å².